The van der Waals surface area contributed by atoms with E-state index in [0.29, 0.717) is 32.5 Å². The van der Waals surface area contributed by atoms with Crippen molar-refractivity contribution in [2.45, 2.75) is 32.6 Å². The summed E-state index contributed by atoms with van der Waals surface area (Å²) in [5.41, 5.74) is 3.69. The fourth-order valence-electron chi connectivity index (χ4n) is 3.52. The van der Waals surface area contributed by atoms with Crippen LogP contribution in [-0.4, -0.2) is 46.6 Å². The number of piperidine rings is 1. The number of aromatic nitrogens is 1. The molecule has 1 fully saturated rings. The van der Waals surface area contributed by atoms with E-state index in [9.17, 15) is 9.59 Å². The fourth-order valence-corrected chi connectivity index (χ4v) is 3.52. The number of para-hydroxylation sites is 1. The molecule has 0 atom stereocenters. The van der Waals surface area contributed by atoms with E-state index in [2.05, 4.69) is 35.4 Å². The van der Waals surface area contributed by atoms with Gasteiger partial charge in [-0.25, -0.2) is 4.79 Å². The maximum atomic E-state index is 12.2. The second-order valence-electron chi connectivity index (χ2n) is 6.59. The second-order valence-corrected chi connectivity index (χ2v) is 6.59. The van der Waals surface area contributed by atoms with Crippen LogP contribution in [0.25, 0.3) is 10.9 Å². The Morgan fingerprint density at radius 1 is 1.28 bits per heavy atom. The van der Waals surface area contributed by atoms with Crippen LogP contribution in [0.4, 0.5) is 4.79 Å². The van der Waals surface area contributed by atoms with Crippen LogP contribution in [-0.2, 0) is 17.6 Å². The largest absolute Gasteiger partial charge is 0.481 e. The molecule has 1 saturated heterocycles. The van der Waals surface area contributed by atoms with E-state index >= 15 is 0 Å². The van der Waals surface area contributed by atoms with Crippen LogP contribution in [0.1, 0.15) is 30.9 Å². The summed E-state index contributed by atoms with van der Waals surface area (Å²) in [4.78, 5) is 28.2. The smallest absolute Gasteiger partial charge is 0.317 e. The zero-order valence-electron chi connectivity index (χ0n) is 14.5. The van der Waals surface area contributed by atoms with Crippen molar-refractivity contribution in [3.05, 3.63) is 35.5 Å². The molecule has 1 aliphatic rings. The monoisotopic (exact) mass is 343 g/mol. The highest BCUT2D eigenvalue weighted by Crippen LogP contribution is 2.22. The Morgan fingerprint density at radius 2 is 2.04 bits per heavy atom. The Hall–Kier alpha value is -2.50. The number of H-pyrrole nitrogens is 1. The number of carbonyl (C=O) groups excluding carboxylic acids is 1. The predicted octanol–water partition coefficient (Wildman–Crippen LogP) is 2.78. The number of rotatable bonds is 5. The lowest BCUT2D eigenvalue weighted by molar-refractivity contribution is -0.143. The van der Waals surface area contributed by atoms with Crippen LogP contribution in [0.5, 0.6) is 0 Å². The maximum Gasteiger partial charge on any atom is 0.317 e. The van der Waals surface area contributed by atoms with Gasteiger partial charge in [0.05, 0.1) is 5.92 Å². The summed E-state index contributed by atoms with van der Waals surface area (Å²) in [6.45, 7) is 3.73. The van der Waals surface area contributed by atoms with Crippen molar-refractivity contribution in [3.63, 3.8) is 0 Å². The predicted molar refractivity (Wildman–Crippen MR) is 96.7 cm³/mol. The third-order valence-corrected chi connectivity index (χ3v) is 5.07. The highest BCUT2D eigenvalue weighted by Gasteiger charge is 2.26. The minimum absolute atomic E-state index is 0.0991. The molecule has 0 radical (unpaired) electrons. The van der Waals surface area contributed by atoms with Crippen molar-refractivity contribution in [2.24, 2.45) is 5.92 Å². The van der Waals surface area contributed by atoms with Crippen LogP contribution in [0, 0.1) is 5.92 Å². The lowest BCUT2D eigenvalue weighted by Crippen LogP contribution is -2.45. The van der Waals surface area contributed by atoms with E-state index in [4.69, 9.17) is 5.11 Å². The average Bonchev–Trinajstić information content (AvgIpc) is 3.05. The van der Waals surface area contributed by atoms with E-state index in [1.54, 1.807) is 4.90 Å². The van der Waals surface area contributed by atoms with E-state index < -0.39 is 5.97 Å². The van der Waals surface area contributed by atoms with Crippen molar-refractivity contribution in [2.75, 3.05) is 19.6 Å². The standard InChI is InChI=1S/C19H25N3O3/c1-2-13-4-3-5-16-15(12-21-17(13)16)6-9-20-19(25)22-10-7-14(8-11-22)18(23)24/h3-5,12,14,21H,2,6-11H2,1H3,(H,20,25)(H,23,24). The lowest BCUT2D eigenvalue weighted by Gasteiger charge is -2.30. The number of carboxylic acid groups (broad SMARTS) is 1. The summed E-state index contributed by atoms with van der Waals surface area (Å²) in [5.74, 6) is -1.08. The number of aryl methyl sites for hydroxylation is 1. The molecular weight excluding hydrogens is 318 g/mol. The van der Waals surface area contributed by atoms with Gasteiger partial charge in [0.1, 0.15) is 0 Å². The third kappa shape index (κ3) is 3.78. The van der Waals surface area contributed by atoms with Gasteiger partial charge in [-0.3, -0.25) is 4.79 Å². The first-order valence-electron chi connectivity index (χ1n) is 8.93. The van der Waals surface area contributed by atoms with Gasteiger partial charge >= 0.3 is 12.0 Å². The van der Waals surface area contributed by atoms with Gasteiger partial charge in [-0.05, 0) is 36.8 Å². The summed E-state index contributed by atoms with van der Waals surface area (Å²) in [6, 6.07) is 6.21. The molecule has 3 rings (SSSR count). The summed E-state index contributed by atoms with van der Waals surface area (Å²) in [7, 11) is 0. The van der Waals surface area contributed by atoms with Gasteiger partial charge in [0.15, 0.2) is 0 Å². The Bertz CT molecular complexity index is 760. The number of nitrogens with zero attached hydrogens (tertiary/aromatic N) is 1. The molecule has 2 amide bonds. The van der Waals surface area contributed by atoms with Crippen LogP contribution >= 0.6 is 0 Å². The molecule has 0 saturated carbocycles. The van der Waals surface area contributed by atoms with Crippen molar-refractivity contribution in [3.8, 4) is 0 Å². The second kappa shape index (κ2) is 7.59. The molecule has 6 nitrogen and oxygen atoms in total. The van der Waals surface area contributed by atoms with E-state index in [1.165, 1.54) is 22.0 Å². The number of amides is 2. The number of hydrogen-bond donors (Lipinski definition) is 3. The molecule has 0 aliphatic carbocycles. The lowest BCUT2D eigenvalue weighted by atomic mass is 9.97. The Labute approximate surface area is 147 Å². The van der Waals surface area contributed by atoms with E-state index in [0.717, 1.165) is 12.8 Å². The Morgan fingerprint density at radius 3 is 2.72 bits per heavy atom. The Kier molecular flexibility index (Phi) is 5.26. The molecule has 0 bridgehead atoms. The SMILES string of the molecule is CCc1cccc2c(CCNC(=O)N3CCC(C(=O)O)CC3)c[nH]c12. The van der Waals surface area contributed by atoms with Crippen LogP contribution in [0.2, 0.25) is 0 Å². The number of urea groups is 1. The maximum absolute atomic E-state index is 12.2. The number of carboxylic acids is 1. The summed E-state index contributed by atoms with van der Waals surface area (Å²) in [5, 5.41) is 13.2. The zero-order valence-corrected chi connectivity index (χ0v) is 14.5. The first-order chi connectivity index (χ1) is 12.1. The molecule has 25 heavy (non-hydrogen) atoms. The van der Waals surface area contributed by atoms with Gasteiger partial charge in [-0.2, -0.15) is 0 Å². The molecule has 0 spiro atoms. The first-order valence-corrected chi connectivity index (χ1v) is 8.93. The molecule has 1 aromatic heterocycles. The molecule has 2 heterocycles. The van der Waals surface area contributed by atoms with Gasteiger partial charge in [-0.15, -0.1) is 0 Å². The van der Waals surface area contributed by atoms with Gasteiger partial charge < -0.3 is 20.3 Å². The molecule has 2 aromatic rings. The minimum Gasteiger partial charge on any atom is -0.481 e. The van der Waals surface area contributed by atoms with Crippen molar-refractivity contribution in [1.82, 2.24) is 15.2 Å². The van der Waals surface area contributed by atoms with Crippen LogP contribution in [0.3, 0.4) is 0 Å². The molecule has 0 unspecified atom stereocenters. The van der Waals surface area contributed by atoms with E-state index in [1.807, 2.05) is 6.20 Å². The molecule has 1 aliphatic heterocycles. The quantitative estimate of drug-likeness (QED) is 0.780. The van der Waals surface area contributed by atoms with Gasteiger partial charge in [-0.1, -0.05) is 25.1 Å². The van der Waals surface area contributed by atoms with Crippen molar-refractivity contribution in [1.29, 1.82) is 0 Å². The number of nitrogens with one attached hydrogen (secondary N) is 2. The van der Waals surface area contributed by atoms with Crippen LogP contribution < -0.4 is 5.32 Å². The van der Waals surface area contributed by atoms with Gasteiger partial charge in [0.2, 0.25) is 0 Å². The molecule has 6 heteroatoms. The summed E-state index contributed by atoms with van der Waals surface area (Å²) < 4.78 is 0. The van der Waals surface area contributed by atoms with Gasteiger partial charge in [0.25, 0.3) is 0 Å². The molecule has 134 valence electrons. The first kappa shape index (κ1) is 17.3. The normalized spacial score (nSPS) is 15.5. The number of benzene rings is 1. The minimum atomic E-state index is -0.758. The number of hydrogen-bond acceptors (Lipinski definition) is 2. The molecule has 3 N–H and O–H groups in total. The molecular formula is C19H25N3O3. The number of aromatic amines is 1. The number of likely N-dealkylation sites (tertiary alicyclic amines) is 1. The highest BCUT2D eigenvalue weighted by molar-refractivity contribution is 5.86. The van der Waals surface area contributed by atoms with Crippen LogP contribution in [0.15, 0.2) is 24.4 Å². The number of aliphatic carboxylic acids is 1. The van der Waals surface area contributed by atoms with Gasteiger partial charge in [0, 0.05) is 36.7 Å². The number of fused-ring (bicyclic) bond motifs is 1. The fraction of sp³-hybridized carbons (Fsp3) is 0.474. The van der Waals surface area contributed by atoms with Crippen molar-refractivity contribution >= 4 is 22.9 Å². The third-order valence-electron chi connectivity index (χ3n) is 5.07. The molecule has 1 aromatic carbocycles. The average molecular weight is 343 g/mol. The Balaban J connectivity index is 1.52. The highest BCUT2D eigenvalue weighted by atomic mass is 16.4. The summed E-state index contributed by atoms with van der Waals surface area (Å²) >= 11 is 0. The number of carbonyl (C=O) groups is 2. The summed E-state index contributed by atoms with van der Waals surface area (Å²) in [6.07, 6.45) is 4.84. The zero-order chi connectivity index (χ0) is 17.8. The topological polar surface area (TPSA) is 85.4 Å². The van der Waals surface area contributed by atoms with Crippen molar-refractivity contribution < 1.29 is 14.7 Å². The van der Waals surface area contributed by atoms with E-state index in [-0.39, 0.29) is 11.9 Å².